The molecule has 1 saturated heterocycles. The van der Waals surface area contributed by atoms with Crippen molar-refractivity contribution in [3.8, 4) is 0 Å². The molecule has 1 aliphatic heterocycles. The smallest absolute Gasteiger partial charge is 0.267 e. The average Bonchev–Trinajstić information content (AvgIpc) is 3.34. The van der Waals surface area contributed by atoms with Gasteiger partial charge in [0.2, 0.25) is 11.8 Å². The first kappa shape index (κ1) is 29.0. The maximum atomic E-state index is 13.6. The Hall–Kier alpha value is -3.96. The summed E-state index contributed by atoms with van der Waals surface area (Å²) in [5.41, 5.74) is 2.38. The van der Waals surface area contributed by atoms with Gasteiger partial charge in [0.25, 0.3) is 11.5 Å². The summed E-state index contributed by atoms with van der Waals surface area (Å²) in [7, 11) is 0. The molecule has 10 nitrogen and oxygen atoms in total. The molecule has 0 radical (unpaired) electrons. The van der Waals surface area contributed by atoms with Gasteiger partial charge in [-0.05, 0) is 36.1 Å². The van der Waals surface area contributed by atoms with Crippen molar-refractivity contribution in [1.29, 1.82) is 0 Å². The lowest BCUT2D eigenvalue weighted by atomic mass is 9.99. The molecule has 1 aliphatic rings. The Bertz CT molecular complexity index is 1400. The lowest BCUT2D eigenvalue weighted by Crippen LogP contribution is -2.57. The van der Waals surface area contributed by atoms with Gasteiger partial charge < -0.3 is 20.6 Å². The number of aromatic nitrogens is 2. The Kier molecular flexibility index (Phi) is 9.73. The molecule has 0 bridgehead atoms. The number of aliphatic hydroxyl groups excluding tert-OH is 1. The molecule has 2 aromatic carbocycles. The molecule has 40 heavy (non-hydrogen) atoms. The number of benzene rings is 2. The highest BCUT2D eigenvalue weighted by molar-refractivity contribution is 8.00. The van der Waals surface area contributed by atoms with Crippen molar-refractivity contribution in [1.82, 2.24) is 25.3 Å². The number of rotatable bonds is 10. The van der Waals surface area contributed by atoms with E-state index in [0.29, 0.717) is 6.54 Å². The number of carbonyl (C=O) groups is 3. The van der Waals surface area contributed by atoms with Crippen LogP contribution in [-0.4, -0.2) is 66.8 Å². The van der Waals surface area contributed by atoms with Gasteiger partial charge in [-0.3, -0.25) is 19.2 Å². The number of carbonyl (C=O) groups excluding carboxylic acids is 3. The first-order valence-electron chi connectivity index (χ1n) is 13.0. The van der Waals surface area contributed by atoms with Crippen LogP contribution in [0.4, 0.5) is 0 Å². The highest BCUT2D eigenvalue weighted by Gasteiger charge is 2.43. The van der Waals surface area contributed by atoms with E-state index in [-0.39, 0.29) is 30.0 Å². The Balaban J connectivity index is 1.49. The van der Waals surface area contributed by atoms with Gasteiger partial charge >= 0.3 is 0 Å². The second-order valence-electron chi connectivity index (χ2n) is 9.73. The van der Waals surface area contributed by atoms with E-state index in [1.165, 1.54) is 35.0 Å². The maximum Gasteiger partial charge on any atom is 0.267 e. The lowest BCUT2D eigenvalue weighted by Gasteiger charge is -2.30. The average molecular weight is 564 g/mol. The summed E-state index contributed by atoms with van der Waals surface area (Å²) in [6.07, 6.45) is -0.0652. The first-order chi connectivity index (χ1) is 19.2. The molecule has 3 N–H and O–H groups in total. The van der Waals surface area contributed by atoms with Crippen LogP contribution in [0.1, 0.15) is 23.6 Å². The van der Waals surface area contributed by atoms with Crippen molar-refractivity contribution in [3.63, 3.8) is 0 Å². The van der Waals surface area contributed by atoms with Gasteiger partial charge in [-0.15, -0.1) is 11.8 Å². The normalized spacial score (nSPS) is 18.1. The molecule has 1 unspecified atom stereocenters. The van der Waals surface area contributed by atoms with Crippen LogP contribution in [0.2, 0.25) is 0 Å². The summed E-state index contributed by atoms with van der Waals surface area (Å²) >= 11 is 1.44. The van der Waals surface area contributed by atoms with E-state index in [9.17, 15) is 24.3 Å². The van der Waals surface area contributed by atoms with E-state index in [1.54, 1.807) is 0 Å². The molecule has 1 fully saturated rings. The zero-order valence-corrected chi connectivity index (χ0v) is 23.2. The quantitative estimate of drug-likeness (QED) is 0.338. The van der Waals surface area contributed by atoms with E-state index < -0.39 is 35.6 Å². The Morgan fingerprint density at radius 1 is 1.07 bits per heavy atom. The van der Waals surface area contributed by atoms with Gasteiger partial charge in [0, 0.05) is 24.1 Å². The number of hydrogen-bond acceptors (Lipinski definition) is 7. The van der Waals surface area contributed by atoms with Crippen LogP contribution in [0.15, 0.2) is 77.7 Å². The van der Waals surface area contributed by atoms with Crippen LogP contribution in [0.5, 0.6) is 0 Å². The second kappa shape index (κ2) is 13.4. The van der Waals surface area contributed by atoms with Crippen molar-refractivity contribution >= 4 is 29.5 Å². The van der Waals surface area contributed by atoms with Crippen molar-refractivity contribution in [2.75, 3.05) is 5.88 Å². The molecule has 3 aromatic rings. The minimum absolute atomic E-state index is 0.164. The zero-order valence-electron chi connectivity index (χ0n) is 22.4. The van der Waals surface area contributed by atoms with Gasteiger partial charge in [-0.1, -0.05) is 61.5 Å². The Morgan fingerprint density at radius 3 is 2.52 bits per heavy atom. The van der Waals surface area contributed by atoms with E-state index in [0.717, 1.165) is 21.4 Å². The minimum Gasteiger partial charge on any atom is -0.381 e. The van der Waals surface area contributed by atoms with Gasteiger partial charge in [0.1, 0.15) is 12.6 Å². The Labute approximate surface area is 236 Å². The Morgan fingerprint density at radius 2 is 1.80 bits per heavy atom. The number of nitrogens with one attached hydrogen (secondary N) is 2. The monoisotopic (exact) mass is 563 g/mol. The van der Waals surface area contributed by atoms with Crippen LogP contribution >= 0.6 is 11.8 Å². The number of amides is 3. The van der Waals surface area contributed by atoms with Crippen LogP contribution in [0.25, 0.3) is 0 Å². The summed E-state index contributed by atoms with van der Waals surface area (Å²) in [5.74, 6) is -1.30. The highest BCUT2D eigenvalue weighted by atomic mass is 32.2. The molecule has 1 aromatic heterocycles. The van der Waals surface area contributed by atoms with Gasteiger partial charge in [-0.2, -0.15) is 5.10 Å². The summed E-state index contributed by atoms with van der Waals surface area (Å²) < 4.78 is 0.997. The minimum atomic E-state index is -1.62. The van der Waals surface area contributed by atoms with E-state index in [1.807, 2.05) is 68.4 Å². The fourth-order valence-corrected chi connectivity index (χ4v) is 5.76. The van der Waals surface area contributed by atoms with Crippen molar-refractivity contribution in [2.24, 2.45) is 0 Å². The topological polar surface area (TPSA) is 134 Å². The molecule has 3 amide bonds. The number of thioether (sulfide) groups is 1. The zero-order chi connectivity index (χ0) is 28.6. The third-order valence-electron chi connectivity index (χ3n) is 6.88. The molecular formula is C29H33N5O5S. The standard InChI is InChI=1S/C29H33N5O5S/c1-19-9-6-7-12-22(19)16-30-28(38)26-20(2)40-18-33(26)29(39)27(37)23(15-21-10-4-3-5-11-21)32-24(35)17-34-25(36)13-8-14-31-34/h3-14,20,23,26-27,37H,15-18H2,1-2H3,(H,30,38)(H,32,35)/t20?,23-,26-,27-/m0/s1. The van der Waals surface area contributed by atoms with Crippen molar-refractivity contribution < 1.29 is 19.5 Å². The summed E-state index contributed by atoms with van der Waals surface area (Å²) in [5, 5.41) is 20.6. The number of aryl methyl sites for hydroxylation is 1. The van der Waals surface area contributed by atoms with E-state index >= 15 is 0 Å². The molecule has 2 heterocycles. The third kappa shape index (κ3) is 7.16. The largest absolute Gasteiger partial charge is 0.381 e. The second-order valence-corrected chi connectivity index (χ2v) is 11.1. The highest BCUT2D eigenvalue weighted by Crippen LogP contribution is 2.30. The molecule has 4 rings (SSSR count). The fraction of sp³-hybridized carbons (Fsp3) is 0.345. The predicted molar refractivity (Wildman–Crippen MR) is 152 cm³/mol. The predicted octanol–water partition coefficient (Wildman–Crippen LogP) is 1.25. The number of nitrogens with zero attached hydrogens (tertiary/aromatic N) is 3. The van der Waals surface area contributed by atoms with Gasteiger partial charge in [-0.25, -0.2) is 4.68 Å². The lowest BCUT2D eigenvalue weighted by molar-refractivity contribution is -0.147. The number of aliphatic hydroxyl groups is 1. The molecule has 4 atom stereocenters. The van der Waals surface area contributed by atoms with Gasteiger partial charge in [0.05, 0.1) is 11.9 Å². The third-order valence-corrected chi connectivity index (χ3v) is 8.09. The summed E-state index contributed by atoms with van der Waals surface area (Å²) in [6, 6.07) is 17.9. The van der Waals surface area contributed by atoms with Crippen LogP contribution < -0.4 is 16.2 Å². The molecule has 0 saturated carbocycles. The van der Waals surface area contributed by atoms with Crippen molar-refractivity contribution in [2.45, 2.75) is 56.8 Å². The fourth-order valence-electron chi connectivity index (χ4n) is 4.62. The maximum absolute atomic E-state index is 13.6. The summed E-state index contributed by atoms with van der Waals surface area (Å²) in [6.45, 7) is 3.79. The van der Waals surface area contributed by atoms with E-state index in [2.05, 4.69) is 15.7 Å². The summed E-state index contributed by atoms with van der Waals surface area (Å²) in [4.78, 5) is 53.1. The van der Waals surface area contributed by atoms with E-state index in [4.69, 9.17) is 0 Å². The van der Waals surface area contributed by atoms with Crippen LogP contribution in [0, 0.1) is 6.92 Å². The van der Waals surface area contributed by atoms with Crippen LogP contribution in [-0.2, 0) is 33.9 Å². The molecular weight excluding hydrogens is 530 g/mol. The SMILES string of the molecule is Cc1ccccc1CNC(=O)[C@@H]1C(C)SCN1C(=O)[C@@H](O)[C@H](Cc1ccccc1)NC(=O)Cn1ncccc1=O. The van der Waals surface area contributed by atoms with Crippen LogP contribution in [0.3, 0.4) is 0 Å². The molecule has 210 valence electrons. The molecule has 11 heteroatoms. The van der Waals surface area contributed by atoms with Gasteiger partial charge in [0.15, 0.2) is 6.10 Å². The molecule has 0 spiro atoms. The first-order valence-corrected chi connectivity index (χ1v) is 14.1. The molecule has 0 aliphatic carbocycles. The number of hydrogen-bond donors (Lipinski definition) is 3. The van der Waals surface area contributed by atoms with Crippen molar-refractivity contribution in [3.05, 3.63) is 100.0 Å².